The van der Waals surface area contributed by atoms with Crippen LogP contribution < -0.4 is 8.92 Å². The fourth-order valence-corrected chi connectivity index (χ4v) is 4.92. The smallest absolute Gasteiger partial charge is 0.340 e. The molecule has 1 unspecified atom stereocenters. The zero-order chi connectivity index (χ0) is 21.3. The summed E-state index contributed by atoms with van der Waals surface area (Å²) in [5, 5.41) is 0. The van der Waals surface area contributed by atoms with Crippen molar-refractivity contribution >= 4 is 21.8 Å². The lowest BCUT2D eigenvalue weighted by molar-refractivity contribution is -0.142. The molecule has 0 spiro atoms. The number of rotatable bonds is 5. The molecule has 2 aromatic rings. The maximum atomic E-state index is 13.1. The van der Waals surface area contributed by atoms with Gasteiger partial charge < -0.3 is 18.4 Å². The van der Waals surface area contributed by atoms with Crippen LogP contribution in [0, 0.1) is 0 Å². The minimum Gasteiger partial charge on any atom is -0.496 e. The van der Waals surface area contributed by atoms with Crippen molar-refractivity contribution in [3.63, 3.8) is 0 Å². The van der Waals surface area contributed by atoms with E-state index >= 15 is 0 Å². The van der Waals surface area contributed by atoms with Crippen LogP contribution in [0.1, 0.15) is 30.4 Å². The van der Waals surface area contributed by atoms with Crippen LogP contribution in [0.2, 0.25) is 0 Å². The topological polar surface area (TPSA) is 88.1 Å². The zero-order valence-electron chi connectivity index (χ0n) is 16.5. The molecule has 30 heavy (non-hydrogen) atoms. The van der Waals surface area contributed by atoms with Gasteiger partial charge in [-0.3, -0.25) is 4.79 Å². The van der Waals surface area contributed by atoms with Crippen LogP contribution in [-0.4, -0.2) is 28.1 Å². The molecule has 156 valence electrons. The van der Waals surface area contributed by atoms with Crippen molar-refractivity contribution in [2.75, 3.05) is 13.7 Å². The van der Waals surface area contributed by atoms with Crippen LogP contribution in [0.4, 0.5) is 0 Å². The number of allylic oxidation sites excluding steroid dienone is 2. The summed E-state index contributed by atoms with van der Waals surface area (Å²) < 4.78 is 47.9. The molecule has 0 amide bonds. The van der Waals surface area contributed by atoms with Gasteiger partial charge in [0.1, 0.15) is 22.8 Å². The second-order valence-electron chi connectivity index (χ2n) is 6.66. The molecule has 0 bridgehead atoms. The van der Waals surface area contributed by atoms with Crippen molar-refractivity contribution < 1.29 is 31.6 Å². The highest BCUT2D eigenvalue weighted by Crippen LogP contribution is 2.49. The predicted octanol–water partition coefficient (Wildman–Crippen LogP) is 3.74. The first-order chi connectivity index (χ1) is 14.4. The molecule has 0 N–H and O–H groups in total. The summed E-state index contributed by atoms with van der Waals surface area (Å²) in [6, 6.07) is 13.8. The molecular weight excluding hydrogens is 408 g/mol. The van der Waals surface area contributed by atoms with Gasteiger partial charge in [-0.15, -0.1) is 0 Å². The number of hydrogen-bond acceptors (Lipinski definition) is 7. The molecule has 0 aliphatic carbocycles. The Morgan fingerprint density at radius 2 is 1.83 bits per heavy atom. The SMILES string of the molecule is CCOC(=O)CC1=CC(c2ccccc2OC)C2=C(O1)c1ccccc1OS2(=O)=O. The highest BCUT2D eigenvalue weighted by molar-refractivity contribution is 7.91. The Morgan fingerprint density at radius 3 is 2.60 bits per heavy atom. The normalized spacial score (nSPS) is 18.9. The molecule has 0 radical (unpaired) electrons. The third-order valence-corrected chi connectivity index (χ3v) is 6.17. The van der Waals surface area contributed by atoms with E-state index in [-0.39, 0.29) is 29.4 Å². The first kappa shape index (κ1) is 20.0. The number of hydrogen-bond donors (Lipinski definition) is 0. The van der Waals surface area contributed by atoms with Crippen LogP contribution in [0.25, 0.3) is 5.76 Å². The van der Waals surface area contributed by atoms with Crippen LogP contribution in [0.5, 0.6) is 11.5 Å². The van der Waals surface area contributed by atoms with Crippen molar-refractivity contribution in [3.8, 4) is 11.5 Å². The van der Waals surface area contributed by atoms with E-state index in [2.05, 4.69) is 0 Å². The van der Waals surface area contributed by atoms with Crippen LogP contribution in [0.15, 0.2) is 65.3 Å². The second-order valence-corrected chi connectivity index (χ2v) is 8.18. The summed E-state index contributed by atoms with van der Waals surface area (Å²) in [5.41, 5.74) is 1.11. The number of methoxy groups -OCH3 is 1. The summed E-state index contributed by atoms with van der Waals surface area (Å²) in [4.78, 5) is 12.1. The van der Waals surface area contributed by atoms with Gasteiger partial charge in [0.25, 0.3) is 0 Å². The van der Waals surface area contributed by atoms with Crippen molar-refractivity contribution in [1.29, 1.82) is 0 Å². The van der Waals surface area contributed by atoms with Crippen LogP contribution in [0.3, 0.4) is 0 Å². The van der Waals surface area contributed by atoms with Gasteiger partial charge in [-0.25, -0.2) is 0 Å². The number of carbonyl (C=O) groups is 1. The van der Waals surface area contributed by atoms with Gasteiger partial charge in [-0.1, -0.05) is 30.3 Å². The van der Waals surface area contributed by atoms with Gasteiger partial charge in [0.2, 0.25) is 0 Å². The first-order valence-corrected chi connectivity index (χ1v) is 10.8. The van der Waals surface area contributed by atoms with Crippen molar-refractivity contribution in [3.05, 3.63) is 76.4 Å². The first-order valence-electron chi connectivity index (χ1n) is 9.39. The highest BCUT2D eigenvalue weighted by Gasteiger charge is 2.42. The fraction of sp³-hybridized carbons (Fsp3) is 0.227. The molecule has 0 saturated heterocycles. The van der Waals surface area contributed by atoms with Crippen LogP contribution in [-0.2, 0) is 24.4 Å². The summed E-state index contributed by atoms with van der Waals surface area (Å²) in [5.74, 6) is -0.0866. The summed E-state index contributed by atoms with van der Waals surface area (Å²) in [6.07, 6.45) is 1.47. The lowest BCUT2D eigenvalue weighted by atomic mass is 9.92. The van der Waals surface area contributed by atoms with Gasteiger partial charge in [-0.05, 0) is 31.2 Å². The Bertz CT molecular complexity index is 1160. The van der Waals surface area contributed by atoms with E-state index in [9.17, 15) is 13.2 Å². The fourth-order valence-electron chi connectivity index (χ4n) is 3.57. The number of carbonyl (C=O) groups excluding carboxylic acids is 1. The monoisotopic (exact) mass is 428 g/mol. The van der Waals surface area contributed by atoms with E-state index < -0.39 is 22.0 Å². The van der Waals surface area contributed by atoms with Gasteiger partial charge >= 0.3 is 16.1 Å². The largest absolute Gasteiger partial charge is 0.496 e. The summed E-state index contributed by atoms with van der Waals surface area (Å²) in [7, 11) is -2.63. The standard InChI is InChI=1S/C22H20O7S/c1-3-27-20(23)13-14-12-17(15-8-4-6-10-18(15)26-2)22-21(28-14)16-9-5-7-11-19(16)29-30(22,24)25/h4-12,17H,3,13H2,1-2H3. The molecule has 1 atom stereocenters. The Morgan fingerprint density at radius 1 is 1.10 bits per heavy atom. The Hall–Kier alpha value is -3.26. The number of benzene rings is 2. The maximum absolute atomic E-state index is 13.1. The Balaban J connectivity index is 1.91. The average Bonchev–Trinajstić information content (AvgIpc) is 2.73. The van der Waals surface area contributed by atoms with E-state index in [0.717, 1.165) is 0 Å². The lowest BCUT2D eigenvalue weighted by Gasteiger charge is -2.31. The zero-order valence-corrected chi connectivity index (χ0v) is 17.3. The van der Waals surface area contributed by atoms with Crippen molar-refractivity contribution in [2.24, 2.45) is 0 Å². The van der Waals surface area contributed by atoms with Gasteiger partial charge in [0.05, 0.1) is 25.2 Å². The number of esters is 1. The maximum Gasteiger partial charge on any atom is 0.340 e. The number of para-hydroxylation sites is 2. The van der Waals surface area contributed by atoms with E-state index in [1.807, 2.05) is 0 Å². The second kappa shape index (κ2) is 7.87. The summed E-state index contributed by atoms with van der Waals surface area (Å²) in [6.45, 7) is 1.95. The quantitative estimate of drug-likeness (QED) is 0.529. The van der Waals surface area contributed by atoms with E-state index in [0.29, 0.717) is 22.6 Å². The van der Waals surface area contributed by atoms with E-state index in [1.54, 1.807) is 61.5 Å². The van der Waals surface area contributed by atoms with Gasteiger partial charge in [0.15, 0.2) is 11.5 Å². The Kier molecular flexibility index (Phi) is 5.26. The van der Waals surface area contributed by atoms with E-state index in [4.69, 9.17) is 18.4 Å². The molecule has 2 heterocycles. The molecule has 0 aromatic heterocycles. The highest BCUT2D eigenvalue weighted by atomic mass is 32.2. The molecular formula is C22H20O7S. The molecule has 7 nitrogen and oxygen atoms in total. The van der Waals surface area contributed by atoms with E-state index in [1.165, 1.54) is 7.11 Å². The molecule has 2 aromatic carbocycles. The van der Waals surface area contributed by atoms with Crippen molar-refractivity contribution in [2.45, 2.75) is 19.3 Å². The van der Waals surface area contributed by atoms with Gasteiger partial charge in [0, 0.05) is 5.56 Å². The molecule has 2 aliphatic heterocycles. The van der Waals surface area contributed by atoms with Gasteiger partial charge in [-0.2, -0.15) is 8.42 Å². The third kappa shape index (κ3) is 3.54. The van der Waals surface area contributed by atoms with Crippen LogP contribution >= 0.6 is 0 Å². The summed E-state index contributed by atoms with van der Waals surface area (Å²) >= 11 is 0. The Labute approximate surface area is 174 Å². The molecule has 4 rings (SSSR count). The molecule has 2 aliphatic rings. The predicted molar refractivity (Wildman–Crippen MR) is 109 cm³/mol. The number of fused-ring (bicyclic) bond motifs is 2. The van der Waals surface area contributed by atoms with Crippen molar-refractivity contribution in [1.82, 2.24) is 0 Å². The molecule has 0 fully saturated rings. The minimum absolute atomic E-state index is 0.0293. The molecule has 0 saturated carbocycles. The average molecular weight is 428 g/mol. The lowest BCUT2D eigenvalue weighted by Crippen LogP contribution is -2.26. The minimum atomic E-state index is -4.14. The third-order valence-electron chi connectivity index (χ3n) is 4.79. The molecule has 8 heteroatoms. The number of ether oxygens (including phenoxy) is 3.